The highest BCUT2D eigenvalue weighted by molar-refractivity contribution is 7.89. The van der Waals surface area contributed by atoms with Crippen molar-refractivity contribution >= 4 is 27.3 Å². The first-order valence-corrected chi connectivity index (χ1v) is 11.3. The standard InChI is InChI=1S/C21H28ClN3O2S/c1-21(2,3)23-16-17-8-10-18(11-9-17)28(26,27)25-14-12-24(13-15-25)20-7-5-4-6-19(20)22/h4-11,23H,12-16H2,1-3H3. The van der Waals surface area contributed by atoms with E-state index in [0.29, 0.717) is 42.6 Å². The average Bonchev–Trinajstić information content (AvgIpc) is 2.67. The van der Waals surface area contributed by atoms with Crippen LogP contribution >= 0.6 is 11.6 Å². The van der Waals surface area contributed by atoms with Crippen LogP contribution < -0.4 is 10.2 Å². The van der Waals surface area contributed by atoms with Crippen LogP contribution in [0.2, 0.25) is 5.02 Å². The van der Waals surface area contributed by atoms with Crippen molar-refractivity contribution < 1.29 is 8.42 Å². The second-order valence-corrected chi connectivity index (χ2v) is 10.4. The first-order chi connectivity index (χ1) is 13.2. The van der Waals surface area contributed by atoms with Gasteiger partial charge in [-0.3, -0.25) is 0 Å². The van der Waals surface area contributed by atoms with Gasteiger partial charge in [-0.1, -0.05) is 35.9 Å². The van der Waals surface area contributed by atoms with Crippen LogP contribution in [0.4, 0.5) is 5.69 Å². The summed E-state index contributed by atoms with van der Waals surface area (Å²) in [5, 5.41) is 4.10. The fraction of sp³-hybridized carbons (Fsp3) is 0.429. The zero-order chi connectivity index (χ0) is 20.4. The number of hydrogen-bond acceptors (Lipinski definition) is 4. The summed E-state index contributed by atoms with van der Waals surface area (Å²) in [7, 11) is -3.48. The molecule has 0 radical (unpaired) electrons. The van der Waals surface area contributed by atoms with E-state index in [1.54, 1.807) is 16.4 Å². The second kappa shape index (κ2) is 8.41. The lowest BCUT2D eigenvalue weighted by Crippen LogP contribution is -2.48. The normalized spacial score (nSPS) is 16.4. The van der Waals surface area contributed by atoms with Gasteiger partial charge in [0.25, 0.3) is 0 Å². The van der Waals surface area contributed by atoms with Crippen LogP contribution in [0, 0.1) is 0 Å². The van der Waals surface area contributed by atoms with Crippen LogP contribution in [0.5, 0.6) is 0 Å². The molecule has 1 aliphatic rings. The summed E-state index contributed by atoms with van der Waals surface area (Å²) in [6.07, 6.45) is 0. The highest BCUT2D eigenvalue weighted by Crippen LogP contribution is 2.27. The van der Waals surface area contributed by atoms with E-state index >= 15 is 0 Å². The molecule has 0 saturated carbocycles. The number of halogens is 1. The molecule has 0 atom stereocenters. The molecular formula is C21H28ClN3O2S. The molecule has 0 unspecified atom stereocenters. The first kappa shape index (κ1) is 21.1. The van der Waals surface area contributed by atoms with E-state index in [0.717, 1.165) is 11.3 Å². The molecule has 1 fully saturated rings. The summed E-state index contributed by atoms with van der Waals surface area (Å²) >= 11 is 6.27. The van der Waals surface area contributed by atoms with E-state index in [9.17, 15) is 8.42 Å². The average molecular weight is 422 g/mol. The summed E-state index contributed by atoms with van der Waals surface area (Å²) < 4.78 is 27.5. The van der Waals surface area contributed by atoms with Gasteiger partial charge in [0, 0.05) is 38.3 Å². The molecule has 0 amide bonds. The minimum Gasteiger partial charge on any atom is -0.368 e. The van der Waals surface area contributed by atoms with E-state index in [4.69, 9.17) is 11.6 Å². The van der Waals surface area contributed by atoms with Gasteiger partial charge in [-0.05, 0) is 50.6 Å². The Hall–Kier alpha value is -1.60. The number of sulfonamides is 1. The van der Waals surface area contributed by atoms with E-state index in [1.807, 2.05) is 36.4 Å². The summed E-state index contributed by atoms with van der Waals surface area (Å²) in [5.41, 5.74) is 2.04. The molecule has 1 saturated heterocycles. The Kier molecular flexibility index (Phi) is 6.34. The SMILES string of the molecule is CC(C)(C)NCc1ccc(S(=O)(=O)N2CCN(c3ccccc3Cl)CC2)cc1. The fourth-order valence-corrected chi connectivity index (χ4v) is 4.85. The molecule has 0 aliphatic carbocycles. The lowest BCUT2D eigenvalue weighted by Gasteiger charge is -2.35. The molecule has 0 aromatic heterocycles. The molecule has 3 rings (SSSR count). The zero-order valence-corrected chi connectivity index (χ0v) is 18.2. The Morgan fingerprint density at radius 3 is 2.14 bits per heavy atom. The van der Waals surface area contributed by atoms with Gasteiger partial charge in [0.1, 0.15) is 0 Å². The molecule has 1 N–H and O–H groups in total. The molecular weight excluding hydrogens is 394 g/mol. The van der Waals surface area contributed by atoms with Crippen LogP contribution in [-0.4, -0.2) is 44.4 Å². The minimum atomic E-state index is -3.48. The Balaban J connectivity index is 1.65. The smallest absolute Gasteiger partial charge is 0.243 e. The second-order valence-electron chi connectivity index (χ2n) is 8.09. The molecule has 5 nitrogen and oxygen atoms in total. The predicted molar refractivity (Wildman–Crippen MR) is 115 cm³/mol. The van der Waals surface area contributed by atoms with Crippen LogP contribution in [0.1, 0.15) is 26.3 Å². The highest BCUT2D eigenvalue weighted by Gasteiger charge is 2.29. The number of nitrogens with one attached hydrogen (secondary N) is 1. The molecule has 2 aromatic rings. The van der Waals surface area contributed by atoms with Gasteiger partial charge in [-0.15, -0.1) is 0 Å². The molecule has 0 spiro atoms. The van der Waals surface area contributed by atoms with E-state index in [-0.39, 0.29) is 5.54 Å². The number of para-hydroxylation sites is 1. The maximum absolute atomic E-state index is 13.0. The Bertz CT molecular complexity index is 900. The minimum absolute atomic E-state index is 0.0199. The largest absolute Gasteiger partial charge is 0.368 e. The monoisotopic (exact) mass is 421 g/mol. The Morgan fingerprint density at radius 2 is 1.57 bits per heavy atom. The molecule has 28 heavy (non-hydrogen) atoms. The van der Waals surface area contributed by atoms with Gasteiger partial charge in [0.2, 0.25) is 10.0 Å². The number of anilines is 1. The molecule has 152 valence electrons. The Morgan fingerprint density at radius 1 is 0.964 bits per heavy atom. The van der Waals surface area contributed by atoms with Crippen LogP contribution in [0.25, 0.3) is 0 Å². The molecule has 2 aromatic carbocycles. The van der Waals surface area contributed by atoms with Crippen molar-refractivity contribution in [3.05, 3.63) is 59.1 Å². The van der Waals surface area contributed by atoms with E-state index in [1.165, 1.54) is 0 Å². The van der Waals surface area contributed by atoms with Crippen molar-refractivity contribution in [2.75, 3.05) is 31.1 Å². The third-order valence-electron chi connectivity index (χ3n) is 4.82. The Labute approximate surface area is 173 Å². The summed E-state index contributed by atoms with van der Waals surface area (Å²) in [6, 6.07) is 14.8. The summed E-state index contributed by atoms with van der Waals surface area (Å²) in [5.74, 6) is 0. The van der Waals surface area contributed by atoms with Crippen molar-refractivity contribution in [1.82, 2.24) is 9.62 Å². The zero-order valence-electron chi connectivity index (χ0n) is 16.7. The summed E-state index contributed by atoms with van der Waals surface area (Å²) in [6.45, 7) is 9.16. The van der Waals surface area contributed by atoms with Crippen LogP contribution in [0.15, 0.2) is 53.4 Å². The molecule has 7 heteroatoms. The fourth-order valence-electron chi connectivity index (χ4n) is 3.17. The predicted octanol–water partition coefficient (Wildman–Crippen LogP) is 3.74. The maximum atomic E-state index is 13.0. The highest BCUT2D eigenvalue weighted by atomic mass is 35.5. The maximum Gasteiger partial charge on any atom is 0.243 e. The summed E-state index contributed by atoms with van der Waals surface area (Å²) in [4.78, 5) is 2.48. The van der Waals surface area contributed by atoms with Crippen LogP contribution in [-0.2, 0) is 16.6 Å². The van der Waals surface area contributed by atoms with Gasteiger partial charge in [-0.2, -0.15) is 4.31 Å². The number of nitrogens with zero attached hydrogens (tertiary/aromatic N) is 2. The van der Waals surface area contributed by atoms with Crippen molar-refractivity contribution in [3.8, 4) is 0 Å². The first-order valence-electron chi connectivity index (χ1n) is 9.50. The number of piperazine rings is 1. The van der Waals surface area contributed by atoms with Crippen LogP contribution in [0.3, 0.4) is 0 Å². The van der Waals surface area contributed by atoms with Gasteiger partial charge in [-0.25, -0.2) is 8.42 Å². The molecule has 0 bridgehead atoms. The van der Waals surface area contributed by atoms with Crippen molar-refractivity contribution in [1.29, 1.82) is 0 Å². The lowest BCUT2D eigenvalue weighted by atomic mass is 10.1. The lowest BCUT2D eigenvalue weighted by molar-refractivity contribution is 0.385. The van der Waals surface area contributed by atoms with Gasteiger partial charge in [0.15, 0.2) is 0 Å². The van der Waals surface area contributed by atoms with Gasteiger partial charge in [0.05, 0.1) is 15.6 Å². The molecule has 1 heterocycles. The van der Waals surface area contributed by atoms with Crippen molar-refractivity contribution in [3.63, 3.8) is 0 Å². The number of hydrogen-bond donors (Lipinski definition) is 1. The quantitative estimate of drug-likeness (QED) is 0.799. The van der Waals surface area contributed by atoms with Crippen molar-refractivity contribution in [2.24, 2.45) is 0 Å². The van der Waals surface area contributed by atoms with Crippen molar-refractivity contribution in [2.45, 2.75) is 37.8 Å². The molecule has 1 aliphatic heterocycles. The van der Waals surface area contributed by atoms with Gasteiger partial charge < -0.3 is 10.2 Å². The van der Waals surface area contributed by atoms with E-state index in [2.05, 4.69) is 31.0 Å². The topological polar surface area (TPSA) is 52.7 Å². The van der Waals surface area contributed by atoms with E-state index < -0.39 is 10.0 Å². The third kappa shape index (κ3) is 5.06. The number of rotatable bonds is 5. The van der Waals surface area contributed by atoms with Gasteiger partial charge >= 0.3 is 0 Å². The number of benzene rings is 2. The third-order valence-corrected chi connectivity index (χ3v) is 7.05.